The number of anilines is 2. The second-order valence-electron chi connectivity index (χ2n) is 5.33. The molecule has 0 spiro atoms. The number of benzene rings is 2. The molecule has 4 N–H and O–H groups in total. The lowest BCUT2D eigenvalue weighted by molar-refractivity contribution is 0.215. The van der Waals surface area contributed by atoms with Crippen molar-refractivity contribution in [2.24, 2.45) is 0 Å². The fourth-order valence-corrected chi connectivity index (χ4v) is 3.78. The van der Waals surface area contributed by atoms with Crippen LogP contribution in [0.4, 0.5) is 21.0 Å². The number of halogens is 3. The molecule has 0 saturated heterocycles. The minimum Gasteiger partial charge on any atom is -0.356 e. The second kappa shape index (κ2) is 10.0. The third-order valence-corrected chi connectivity index (χ3v) is 6.58. The highest BCUT2D eigenvalue weighted by Gasteiger charge is 2.36. The van der Waals surface area contributed by atoms with Crippen LogP contribution in [0.1, 0.15) is 0 Å². The van der Waals surface area contributed by atoms with Gasteiger partial charge in [0.15, 0.2) is 0 Å². The van der Waals surface area contributed by atoms with Crippen molar-refractivity contribution < 1.29 is 18.9 Å². The maximum Gasteiger partial charge on any atom is 0.326 e. The Morgan fingerprint density at radius 2 is 1.21 bits per heavy atom. The summed E-state index contributed by atoms with van der Waals surface area (Å²) in [5.41, 5.74) is 0.783. The van der Waals surface area contributed by atoms with Crippen LogP contribution in [0.15, 0.2) is 48.5 Å². The molecular weight excluding hydrogens is 450 g/mol. The van der Waals surface area contributed by atoms with Crippen LogP contribution >= 0.6 is 42.2 Å². The monoisotopic (exact) mass is 464 g/mol. The molecule has 0 aliphatic rings. The SMILES string of the molecule is CO[C@H](Cl)P(=O)(NC(=O)Nc1ccc(Cl)cc1)NC(=O)Nc1ccc(Cl)cc1. The second-order valence-corrected chi connectivity index (χ2v) is 9.14. The van der Waals surface area contributed by atoms with Gasteiger partial charge in [0.25, 0.3) is 0 Å². The van der Waals surface area contributed by atoms with Crippen LogP contribution in [-0.4, -0.2) is 24.5 Å². The molecule has 1 atom stereocenters. The van der Waals surface area contributed by atoms with E-state index in [1.54, 1.807) is 48.5 Å². The molecule has 12 heteroatoms. The molecule has 8 nitrogen and oxygen atoms in total. The largest absolute Gasteiger partial charge is 0.356 e. The summed E-state index contributed by atoms with van der Waals surface area (Å²) in [6.45, 7) is 0. The summed E-state index contributed by atoms with van der Waals surface area (Å²) in [7, 11) is -2.87. The Bertz CT molecular complexity index is 815. The van der Waals surface area contributed by atoms with Crippen molar-refractivity contribution in [2.75, 3.05) is 17.7 Å². The highest BCUT2D eigenvalue weighted by atomic mass is 35.5. The summed E-state index contributed by atoms with van der Waals surface area (Å²) in [6, 6.07) is 10.7. The van der Waals surface area contributed by atoms with E-state index in [4.69, 9.17) is 39.5 Å². The number of amides is 4. The summed E-state index contributed by atoms with van der Waals surface area (Å²) in [6.07, 6.45) is 0. The lowest BCUT2D eigenvalue weighted by Crippen LogP contribution is -2.39. The van der Waals surface area contributed by atoms with E-state index in [0.717, 1.165) is 0 Å². The highest BCUT2D eigenvalue weighted by Crippen LogP contribution is 2.44. The number of ether oxygens (including phenoxy) is 1. The van der Waals surface area contributed by atoms with Crippen molar-refractivity contribution in [1.29, 1.82) is 0 Å². The van der Waals surface area contributed by atoms with Gasteiger partial charge in [-0.1, -0.05) is 34.8 Å². The van der Waals surface area contributed by atoms with Crippen LogP contribution < -0.4 is 20.8 Å². The first-order chi connectivity index (χ1) is 13.2. The van der Waals surface area contributed by atoms with Crippen molar-refractivity contribution >= 4 is 65.7 Å². The molecule has 150 valence electrons. The van der Waals surface area contributed by atoms with E-state index in [1.807, 2.05) is 0 Å². The van der Waals surface area contributed by atoms with Gasteiger partial charge in [-0.3, -0.25) is 14.7 Å². The first kappa shape index (κ1) is 22.3. The Hall–Kier alpha value is -1.96. The molecule has 2 rings (SSSR count). The molecule has 0 fully saturated rings. The molecular formula is C16H16Cl3N4O4P. The van der Waals surface area contributed by atoms with Crippen molar-refractivity contribution in [3.8, 4) is 0 Å². The maximum atomic E-state index is 13.0. The molecule has 0 radical (unpaired) electrons. The average molecular weight is 466 g/mol. The van der Waals surface area contributed by atoms with Gasteiger partial charge in [0.05, 0.1) is 0 Å². The van der Waals surface area contributed by atoms with Gasteiger partial charge >= 0.3 is 19.5 Å². The number of hydrogen-bond donors (Lipinski definition) is 4. The van der Waals surface area contributed by atoms with Crippen LogP contribution in [0, 0.1) is 0 Å². The third-order valence-electron chi connectivity index (χ3n) is 3.22. The van der Waals surface area contributed by atoms with E-state index >= 15 is 0 Å². The van der Waals surface area contributed by atoms with E-state index in [2.05, 4.69) is 20.8 Å². The van der Waals surface area contributed by atoms with Crippen LogP contribution in [0.2, 0.25) is 10.0 Å². The summed E-state index contributed by atoms with van der Waals surface area (Å²) < 4.78 is 17.8. The fraction of sp³-hybridized carbons (Fsp3) is 0.125. The van der Waals surface area contributed by atoms with E-state index in [1.165, 1.54) is 7.11 Å². The lowest BCUT2D eigenvalue weighted by atomic mass is 10.3. The van der Waals surface area contributed by atoms with Crippen molar-refractivity contribution in [3.63, 3.8) is 0 Å². The zero-order chi connectivity index (χ0) is 20.7. The summed E-state index contributed by atoms with van der Waals surface area (Å²) in [5.74, 6) is 0. The van der Waals surface area contributed by atoms with Crippen molar-refractivity contribution in [1.82, 2.24) is 10.2 Å². The van der Waals surface area contributed by atoms with Gasteiger partial charge in [0.2, 0.25) is 5.30 Å². The van der Waals surface area contributed by atoms with Crippen LogP contribution in [0.25, 0.3) is 0 Å². The van der Waals surface area contributed by atoms with Gasteiger partial charge in [0.1, 0.15) is 0 Å². The standard InChI is InChI=1S/C16H16Cl3N4O4P/c1-27-14(19)28(26,22-15(24)20-12-6-2-10(17)3-7-12)23-16(25)21-13-8-4-11(18)5-9-13/h2-9,14H,1H3,(H4,20,21,22,23,24,25,26)/t14-/m0/s1. The average Bonchev–Trinajstić information content (AvgIpc) is 2.64. The number of alkyl halides is 1. The Kier molecular flexibility index (Phi) is 7.98. The minimum atomic E-state index is -4.05. The smallest absolute Gasteiger partial charge is 0.326 e. The first-order valence-electron chi connectivity index (χ1n) is 7.68. The Morgan fingerprint density at radius 1 is 0.857 bits per heavy atom. The van der Waals surface area contributed by atoms with E-state index < -0.39 is 24.8 Å². The van der Waals surface area contributed by atoms with Crippen molar-refractivity contribution in [2.45, 2.75) is 5.30 Å². The number of hydrogen-bond acceptors (Lipinski definition) is 4. The molecule has 4 amide bonds. The van der Waals surface area contributed by atoms with E-state index in [9.17, 15) is 14.2 Å². The molecule has 0 aliphatic heterocycles. The van der Waals surface area contributed by atoms with Crippen LogP contribution in [-0.2, 0) is 9.30 Å². The Morgan fingerprint density at radius 3 is 1.54 bits per heavy atom. The lowest BCUT2D eigenvalue weighted by Gasteiger charge is -2.24. The predicted octanol–water partition coefficient (Wildman–Crippen LogP) is 5.30. The first-order valence-corrected chi connectivity index (χ1v) is 10.6. The van der Waals surface area contributed by atoms with Gasteiger partial charge in [0, 0.05) is 28.5 Å². The van der Waals surface area contributed by atoms with Gasteiger partial charge < -0.3 is 15.4 Å². The summed E-state index contributed by atoms with van der Waals surface area (Å²) in [5, 5.41) is 8.68. The number of methoxy groups -OCH3 is 1. The van der Waals surface area contributed by atoms with E-state index in [0.29, 0.717) is 21.4 Å². The highest BCUT2D eigenvalue weighted by molar-refractivity contribution is 7.63. The van der Waals surface area contributed by atoms with Gasteiger partial charge in [-0.15, -0.1) is 0 Å². The fourth-order valence-electron chi connectivity index (χ4n) is 1.96. The minimum absolute atomic E-state index is 0.391. The normalized spacial score (nSPS) is 12.0. The summed E-state index contributed by atoms with van der Waals surface area (Å²) in [4.78, 5) is 24.4. The van der Waals surface area contributed by atoms with Gasteiger partial charge in [-0.25, -0.2) is 9.59 Å². The molecule has 0 saturated carbocycles. The molecule has 0 bridgehead atoms. The molecule has 2 aromatic carbocycles. The number of urea groups is 2. The summed E-state index contributed by atoms with van der Waals surface area (Å²) >= 11 is 17.5. The molecule has 0 aromatic heterocycles. The quantitative estimate of drug-likeness (QED) is 0.343. The molecule has 2 aromatic rings. The molecule has 0 aliphatic carbocycles. The number of carbonyl (C=O) groups excluding carboxylic acids is 2. The molecule has 28 heavy (non-hydrogen) atoms. The number of nitrogens with one attached hydrogen (secondary N) is 4. The maximum absolute atomic E-state index is 13.0. The number of rotatable bonds is 6. The Balaban J connectivity index is 2.06. The molecule has 0 heterocycles. The number of carbonyl (C=O) groups is 2. The Labute approximate surface area is 176 Å². The van der Waals surface area contributed by atoms with Crippen LogP contribution in [0.5, 0.6) is 0 Å². The molecule has 0 unspecified atom stereocenters. The third kappa shape index (κ3) is 6.58. The van der Waals surface area contributed by atoms with Gasteiger partial charge in [-0.05, 0) is 48.5 Å². The van der Waals surface area contributed by atoms with Crippen molar-refractivity contribution in [3.05, 3.63) is 58.6 Å². The predicted molar refractivity (Wildman–Crippen MR) is 111 cm³/mol. The van der Waals surface area contributed by atoms with Gasteiger partial charge in [-0.2, -0.15) is 0 Å². The van der Waals surface area contributed by atoms with E-state index in [-0.39, 0.29) is 0 Å². The van der Waals surface area contributed by atoms with Crippen LogP contribution in [0.3, 0.4) is 0 Å². The zero-order valence-electron chi connectivity index (χ0n) is 14.4. The topological polar surface area (TPSA) is 109 Å². The zero-order valence-corrected chi connectivity index (χ0v) is 17.6.